The molecule has 6 heteroatoms. The second-order valence-electron chi connectivity index (χ2n) is 5.37. The van der Waals surface area contributed by atoms with E-state index >= 15 is 0 Å². The molecule has 0 aliphatic carbocycles. The molecule has 3 rings (SSSR count). The van der Waals surface area contributed by atoms with Crippen molar-refractivity contribution in [2.45, 2.75) is 13.0 Å². The van der Waals surface area contributed by atoms with E-state index in [0.717, 1.165) is 35.4 Å². The normalized spacial score (nSPS) is 11.6. The molecule has 0 saturated heterocycles. The molecule has 0 radical (unpaired) electrons. The van der Waals surface area contributed by atoms with Crippen LogP contribution in [-0.4, -0.2) is 29.2 Å². The Bertz CT molecular complexity index is 840. The predicted octanol–water partition coefficient (Wildman–Crippen LogP) is 2.86. The molecule has 6 nitrogen and oxygen atoms in total. The fourth-order valence-corrected chi connectivity index (χ4v) is 2.55. The summed E-state index contributed by atoms with van der Waals surface area (Å²) in [5.74, 6) is 1.12. The quantitative estimate of drug-likeness (QED) is 0.415. The molecule has 2 aromatic carbocycles. The summed E-state index contributed by atoms with van der Waals surface area (Å²) in [6, 6.07) is 15.7. The first-order valence-electron chi connectivity index (χ1n) is 7.88. The molecule has 1 heterocycles. The largest absolute Gasteiger partial charge is 0.495 e. The lowest BCUT2D eigenvalue weighted by Crippen LogP contribution is -2.23. The van der Waals surface area contributed by atoms with Gasteiger partial charge in [0.1, 0.15) is 5.75 Å². The number of hydrogen-bond donors (Lipinski definition) is 2. The van der Waals surface area contributed by atoms with Crippen molar-refractivity contribution in [3.05, 3.63) is 54.9 Å². The van der Waals surface area contributed by atoms with Crippen molar-refractivity contribution >= 4 is 22.7 Å². The number of imidazole rings is 1. The number of nitrogens with one attached hydrogen (secondary N) is 1. The predicted molar refractivity (Wildman–Crippen MR) is 97.5 cm³/mol. The van der Waals surface area contributed by atoms with E-state index in [-0.39, 0.29) is 0 Å². The molecule has 1 aromatic heterocycles. The molecule has 3 N–H and O–H groups in total. The van der Waals surface area contributed by atoms with E-state index in [1.54, 1.807) is 7.11 Å². The number of aromatic nitrogens is 2. The van der Waals surface area contributed by atoms with E-state index in [1.165, 1.54) is 0 Å². The summed E-state index contributed by atoms with van der Waals surface area (Å²) in [5, 5.41) is 3.07. The molecule has 0 amide bonds. The van der Waals surface area contributed by atoms with Gasteiger partial charge >= 0.3 is 0 Å². The maximum atomic E-state index is 5.94. The zero-order valence-corrected chi connectivity index (χ0v) is 13.6. The highest BCUT2D eigenvalue weighted by Crippen LogP contribution is 2.22. The van der Waals surface area contributed by atoms with Gasteiger partial charge in [0, 0.05) is 13.1 Å². The van der Waals surface area contributed by atoms with Crippen molar-refractivity contribution < 1.29 is 4.74 Å². The van der Waals surface area contributed by atoms with Crippen LogP contribution < -0.4 is 15.8 Å². The molecular weight excluding hydrogens is 302 g/mol. The van der Waals surface area contributed by atoms with Crippen LogP contribution in [0.25, 0.3) is 11.0 Å². The van der Waals surface area contributed by atoms with Gasteiger partial charge in [-0.2, -0.15) is 0 Å². The number of ether oxygens (including phenoxy) is 1. The number of nitrogens with zero attached hydrogens (tertiary/aromatic N) is 3. The number of hydrogen-bond acceptors (Lipinski definition) is 3. The first-order chi connectivity index (χ1) is 11.8. The highest BCUT2D eigenvalue weighted by molar-refractivity contribution is 5.93. The van der Waals surface area contributed by atoms with E-state index in [1.807, 2.05) is 48.8 Å². The zero-order chi connectivity index (χ0) is 16.8. The maximum absolute atomic E-state index is 5.94. The van der Waals surface area contributed by atoms with Crippen molar-refractivity contribution in [3.8, 4) is 5.75 Å². The number of methoxy groups -OCH3 is 1. The molecule has 0 atom stereocenters. The van der Waals surface area contributed by atoms with Gasteiger partial charge in [-0.15, -0.1) is 0 Å². The van der Waals surface area contributed by atoms with Crippen LogP contribution in [0.1, 0.15) is 6.42 Å². The number of aliphatic imine (C=N–C) groups is 1. The fourth-order valence-electron chi connectivity index (χ4n) is 2.55. The molecular formula is C18H21N5O. The highest BCUT2D eigenvalue weighted by Gasteiger charge is 2.03. The van der Waals surface area contributed by atoms with Gasteiger partial charge in [-0.25, -0.2) is 4.98 Å². The lowest BCUT2D eigenvalue weighted by molar-refractivity contribution is 0.417. The number of anilines is 1. The Morgan fingerprint density at radius 2 is 2.00 bits per heavy atom. The first kappa shape index (κ1) is 15.9. The second-order valence-corrected chi connectivity index (χ2v) is 5.37. The molecule has 0 bridgehead atoms. The van der Waals surface area contributed by atoms with E-state index in [0.29, 0.717) is 12.5 Å². The Morgan fingerprint density at radius 3 is 2.88 bits per heavy atom. The average molecular weight is 323 g/mol. The van der Waals surface area contributed by atoms with Crippen molar-refractivity contribution in [3.63, 3.8) is 0 Å². The molecule has 3 aromatic rings. The van der Waals surface area contributed by atoms with Gasteiger partial charge < -0.3 is 20.4 Å². The highest BCUT2D eigenvalue weighted by atomic mass is 16.5. The van der Waals surface area contributed by atoms with Crippen LogP contribution in [0.4, 0.5) is 5.69 Å². The summed E-state index contributed by atoms with van der Waals surface area (Å²) in [7, 11) is 1.63. The average Bonchev–Trinajstić information content (AvgIpc) is 3.02. The number of guanidine groups is 1. The van der Waals surface area contributed by atoms with E-state index in [2.05, 4.69) is 25.9 Å². The minimum Gasteiger partial charge on any atom is -0.495 e. The van der Waals surface area contributed by atoms with Crippen LogP contribution in [0.2, 0.25) is 0 Å². The van der Waals surface area contributed by atoms with Gasteiger partial charge in [0.15, 0.2) is 5.96 Å². The Labute approximate surface area is 141 Å². The van der Waals surface area contributed by atoms with Crippen LogP contribution >= 0.6 is 0 Å². The van der Waals surface area contributed by atoms with Crippen LogP contribution in [-0.2, 0) is 6.54 Å². The number of nitrogens with two attached hydrogens (primary N) is 1. The third kappa shape index (κ3) is 3.65. The number of rotatable bonds is 6. The third-order valence-electron chi connectivity index (χ3n) is 3.74. The van der Waals surface area contributed by atoms with Crippen LogP contribution in [0.5, 0.6) is 5.75 Å². The third-order valence-corrected chi connectivity index (χ3v) is 3.74. The van der Waals surface area contributed by atoms with Gasteiger partial charge in [-0.3, -0.25) is 4.99 Å². The molecule has 24 heavy (non-hydrogen) atoms. The molecule has 124 valence electrons. The van der Waals surface area contributed by atoms with Gasteiger partial charge in [0.25, 0.3) is 0 Å². The first-order valence-corrected chi connectivity index (χ1v) is 7.88. The minimum absolute atomic E-state index is 0.384. The van der Waals surface area contributed by atoms with Gasteiger partial charge in [0.05, 0.1) is 30.2 Å². The molecule has 0 aliphatic rings. The molecule has 0 fully saturated rings. The standard InChI is InChI=1S/C18H21N5O/c1-24-17-10-5-3-8-15(17)22-18(19)20-11-6-12-23-13-21-14-7-2-4-9-16(14)23/h2-5,7-10,13H,6,11-12H2,1H3,(H3,19,20,22). The van der Waals surface area contributed by atoms with Crippen molar-refractivity contribution in [1.82, 2.24) is 9.55 Å². The van der Waals surface area contributed by atoms with Crippen LogP contribution in [0.3, 0.4) is 0 Å². The summed E-state index contributed by atoms with van der Waals surface area (Å²) in [6.45, 7) is 1.49. The van der Waals surface area contributed by atoms with Crippen molar-refractivity contribution in [2.75, 3.05) is 19.0 Å². The molecule has 0 aliphatic heterocycles. The van der Waals surface area contributed by atoms with E-state index < -0.39 is 0 Å². The zero-order valence-electron chi connectivity index (χ0n) is 13.6. The number of para-hydroxylation sites is 4. The van der Waals surface area contributed by atoms with Crippen LogP contribution in [0.15, 0.2) is 59.9 Å². The lowest BCUT2D eigenvalue weighted by Gasteiger charge is -2.10. The number of aryl methyl sites for hydroxylation is 1. The SMILES string of the molecule is COc1ccccc1NC(N)=NCCCn1cnc2ccccc21. The molecule has 0 unspecified atom stereocenters. The van der Waals surface area contributed by atoms with Gasteiger partial charge in [-0.1, -0.05) is 24.3 Å². The number of fused-ring (bicyclic) bond motifs is 1. The Morgan fingerprint density at radius 1 is 1.21 bits per heavy atom. The monoisotopic (exact) mass is 323 g/mol. The Kier molecular flexibility index (Phi) is 4.96. The Hall–Kier alpha value is -3.02. The van der Waals surface area contributed by atoms with Crippen molar-refractivity contribution in [1.29, 1.82) is 0 Å². The fraction of sp³-hybridized carbons (Fsp3) is 0.222. The second kappa shape index (κ2) is 7.50. The van der Waals surface area contributed by atoms with Crippen molar-refractivity contribution in [2.24, 2.45) is 10.7 Å². The van der Waals surface area contributed by atoms with Gasteiger partial charge in [0.2, 0.25) is 0 Å². The topological polar surface area (TPSA) is 77.5 Å². The van der Waals surface area contributed by atoms with Crippen LogP contribution in [0, 0.1) is 0 Å². The summed E-state index contributed by atoms with van der Waals surface area (Å²) in [6.07, 6.45) is 2.75. The summed E-state index contributed by atoms with van der Waals surface area (Å²) in [5.41, 5.74) is 8.90. The number of benzene rings is 2. The molecule has 0 saturated carbocycles. The van der Waals surface area contributed by atoms with E-state index in [9.17, 15) is 0 Å². The smallest absolute Gasteiger partial charge is 0.193 e. The summed E-state index contributed by atoms with van der Waals surface area (Å²) < 4.78 is 7.41. The molecule has 0 spiro atoms. The van der Waals surface area contributed by atoms with Gasteiger partial charge in [-0.05, 0) is 30.7 Å². The minimum atomic E-state index is 0.384. The Balaban J connectivity index is 1.54. The summed E-state index contributed by atoms with van der Waals surface area (Å²) in [4.78, 5) is 8.75. The van der Waals surface area contributed by atoms with E-state index in [4.69, 9.17) is 10.5 Å². The lowest BCUT2D eigenvalue weighted by atomic mass is 10.3. The summed E-state index contributed by atoms with van der Waals surface area (Å²) >= 11 is 0. The maximum Gasteiger partial charge on any atom is 0.193 e.